The van der Waals surface area contributed by atoms with Crippen molar-refractivity contribution in [3.05, 3.63) is 68.8 Å². The van der Waals surface area contributed by atoms with Gasteiger partial charge in [-0.15, -0.1) is 11.3 Å². The zero-order chi connectivity index (χ0) is 33.3. The second-order valence-corrected chi connectivity index (χ2v) is 14.9. The Morgan fingerprint density at radius 2 is 1.77 bits per heavy atom. The Morgan fingerprint density at radius 1 is 1.02 bits per heavy atom. The molecule has 12 heteroatoms. The van der Waals surface area contributed by atoms with Crippen LogP contribution >= 0.6 is 22.7 Å². The van der Waals surface area contributed by atoms with Crippen LogP contribution in [0, 0.1) is 0 Å². The quantitative estimate of drug-likeness (QED) is 0.115. The highest BCUT2D eigenvalue weighted by Gasteiger charge is 2.41. The number of aromatic nitrogens is 2. The number of likely N-dealkylation sites (tertiary alicyclic amines) is 1. The number of rotatable bonds is 15. The van der Waals surface area contributed by atoms with Crippen LogP contribution in [0.25, 0.3) is 20.8 Å². The first kappa shape index (κ1) is 34.7. The minimum atomic E-state index is -0.734. The normalized spacial score (nSPS) is 17.3. The first-order valence-corrected chi connectivity index (χ1v) is 19.0. The van der Waals surface area contributed by atoms with Gasteiger partial charge in [-0.05, 0) is 44.8 Å². The number of hydrogen-bond acceptors (Lipinski definition) is 10. The minimum absolute atomic E-state index is 0.0127. The van der Waals surface area contributed by atoms with Gasteiger partial charge in [0, 0.05) is 42.7 Å². The van der Waals surface area contributed by atoms with Crippen molar-refractivity contribution >= 4 is 38.8 Å². The highest BCUT2D eigenvalue weighted by molar-refractivity contribution is 7.16. The molecule has 1 atom stereocenters. The zero-order valence-corrected chi connectivity index (χ0v) is 29.1. The first-order chi connectivity index (χ1) is 23.4. The number of benzene rings is 2. The van der Waals surface area contributed by atoms with Crippen LogP contribution < -0.4 is 10.2 Å². The van der Waals surface area contributed by atoms with Gasteiger partial charge < -0.3 is 35.1 Å². The third-order valence-corrected chi connectivity index (χ3v) is 11.5. The van der Waals surface area contributed by atoms with E-state index in [1.54, 1.807) is 6.07 Å². The molecule has 0 aliphatic carbocycles. The van der Waals surface area contributed by atoms with Crippen molar-refractivity contribution in [2.45, 2.75) is 69.5 Å². The van der Waals surface area contributed by atoms with E-state index in [0.717, 1.165) is 73.8 Å². The van der Waals surface area contributed by atoms with E-state index in [1.807, 2.05) is 40.6 Å². The maximum atomic E-state index is 13.3. The Kier molecular flexibility index (Phi) is 11.9. The second kappa shape index (κ2) is 16.5. The summed E-state index contributed by atoms with van der Waals surface area (Å²) >= 11 is 2.53. The van der Waals surface area contributed by atoms with Crippen molar-refractivity contribution in [2.24, 2.45) is 0 Å². The van der Waals surface area contributed by atoms with Gasteiger partial charge in [-0.2, -0.15) is 0 Å². The van der Waals surface area contributed by atoms with E-state index in [1.165, 1.54) is 49.5 Å². The maximum Gasteiger partial charge on any atom is 0.305 e. The van der Waals surface area contributed by atoms with Gasteiger partial charge >= 0.3 is 4.87 Å². The van der Waals surface area contributed by atoms with E-state index in [2.05, 4.69) is 20.2 Å². The summed E-state index contributed by atoms with van der Waals surface area (Å²) in [5, 5.41) is 26.7. The van der Waals surface area contributed by atoms with Gasteiger partial charge in [0.2, 0.25) is 0 Å². The van der Waals surface area contributed by atoms with Crippen LogP contribution in [0.2, 0.25) is 0 Å². The molecule has 258 valence electrons. The molecule has 4 aromatic rings. The average Bonchev–Trinajstić information content (AvgIpc) is 3.76. The van der Waals surface area contributed by atoms with E-state index in [-0.39, 0.29) is 22.1 Å². The molecule has 2 aromatic heterocycles. The van der Waals surface area contributed by atoms with Crippen LogP contribution in [0.15, 0.2) is 52.6 Å². The molecule has 6 rings (SSSR count). The Labute approximate surface area is 289 Å². The Bertz CT molecular complexity index is 1680. The summed E-state index contributed by atoms with van der Waals surface area (Å²) < 4.78 is 6.94. The summed E-state index contributed by atoms with van der Waals surface area (Å²) in [5.41, 5.74) is 2.39. The smallest absolute Gasteiger partial charge is 0.305 e. The molecule has 4 heterocycles. The van der Waals surface area contributed by atoms with Crippen LogP contribution in [0.4, 0.5) is 0 Å². The number of piperidine rings is 1. The number of aliphatic hydroxyl groups excluding tert-OH is 1. The molecule has 0 radical (unpaired) electrons. The molecule has 4 N–H and O–H groups in total. The molecular formula is C36H47N5O5S2. The van der Waals surface area contributed by atoms with Gasteiger partial charge in [-0.1, -0.05) is 79.8 Å². The Balaban J connectivity index is 0.807. The number of hydrogen-bond donors (Lipinski definition) is 4. The molecule has 2 fully saturated rings. The number of nitrogens with one attached hydrogen (secondary N) is 2. The lowest BCUT2D eigenvalue weighted by Gasteiger charge is -2.47. The average molecular weight is 694 g/mol. The predicted molar refractivity (Wildman–Crippen MR) is 192 cm³/mol. The highest BCUT2D eigenvalue weighted by Crippen LogP contribution is 2.33. The van der Waals surface area contributed by atoms with Crippen LogP contribution in [0.3, 0.4) is 0 Å². The lowest BCUT2D eigenvalue weighted by molar-refractivity contribution is -0.127. The van der Waals surface area contributed by atoms with E-state index < -0.39 is 6.10 Å². The summed E-state index contributed by atoms with van der Waals surface area (Å²) in [4.78, 5) is 36.6. The summed E-state index contributed by atoms with van der Waals surface area (Å²) in [6.45, 7) is 6.26. The van der Waals surface area contributed by atoms with E-state index in [0.29, 0.717) is 47.7 Å². The number of aromatic hydroxyl groups is 1. The van der Waals surface area contributed by atoms with Crippen molar-refractivity contribution in [2.75, 3.05) is 52.4 Å². The molecule has 2 aliphatic heterocycles. The summed E-state index contributed by atoms with van der Waals surface area (Å²) in [5.74, 6) is 0.0358. The third kappa shape index (κ3) is 8.71. The number of carbonyl (C=O) groups excluding carboxylic acids is 1. The largest absolute Gasteiger partial charge is 0.506 e. The van der Waals surface area contributed by atoms with Crippen molar-refractivity contribution in [1.82, 2.24) is 25.1 Å². The number of fused-ring (bicyclic) bond motifs is 1. The minimum Gasteiger partial charge on any atom is -0.506 e. The van der Waals surface area contributed by atoms with Crippen molar-refractivity contribution in [3.8, 4) is 16.3 Å². The Morgan fingerprint density at radius 3 is 2.56 bits per heavy atom. The van der Waals surface area contributed by atoms with Gasteiger partial charge in [0.15, 0.2) is 0 Å². The number of ether oxygens (including phenoxy) is 1. The number of phenols is 1. The number of unbranched alkanes of at least 4 members (excludes halogenated alkanes) is 6. The molecule has 2 aromatic carbocycles. The fourth-order valence-corrected chi connectivity index (χ4v) is 8.59. The summed E-state index contributed by atoms with van der Waals surface area (Å²) in [6.07, 6.45) is 9.58. The number of morpholine rings is 1. The molecule has 1 spiro atoms. The first-order valence-electron chi connectivity index (χ1n) is 17.3. The highest BCUT2D eigenvalue weighted by atomic mass is 32.1. The number of H-pyrrole nitrogens is 1. The molecule has 2 aliphatic rings. The molecule has 1 amide bonds. The monoisotopic (exact) mass is 693 g/mol. The molecular weight excluding hydrogens is 647 g/mol. The third-order valence-electron chi connectivity index (χ3n) is 9.66. The standard InChI is InChI=1S/C36H47N5O5S2/c42-29-14-13-27(32-31(29)39-35(45)48-32)30(43)23-37-17-9-4-2-1-3-5-10-18-40-19-15-36(16-20-40)25-41(21-22-46-36)34(44)28-24-47-33(38-28)26-11-7-6-8-12-26/h6-8,11-14,24,30,37,42-43H,1-5,9-10,15-23,25H2,(H,39,45)/t30-/m0/s1. The van der Waals surface area contributed by atoms with Gasteiger partial charge in [0.05, 0.1) is 29.6 Å². The van der Waals surface area contributed by atoms with Gasteiger partial charge in [0.25, 0.3) is 5.91 Å². The SMILES string of the molecule is O=C(c1csc(-c2ccccc2)n1)N1CCOC2(CCN(CCCCCCCCCNC[C@H](O)c3ccc(O)c4[nH]c(=O)sc34)CC2)C1. The number of aliphatic hydroxyl groups is 1. The topological polar surface area (TPSA) is 131 Å². The number of thiazole rings is 2. The van der Waals surface area contributed by atoms with Gasteiger partial charge in [-0.3, -0.25) is 9.59 Å². The molecule has 2 saturated heterocycles. The van der Waals surface area contributed by atoms with Crippen LogP contribution in [0.5, 0.6) is 5.75 Å². The molecule has 0 bridgehead atoms. The predicted octanol–water partition coefficient (Wildman–Crippen LogP) is 5.78. The second-order valence-electron chi connectivity index (χ2n) is 13.1. The van der Waals surface area contributed by atoms with Crippen LogP contribution in [-0.2, 0) is 4.74 Å². The van der Waals surface area contributed by atoms with Crippen molar-refractivity contribution < 1.29 is 19.7 Å². The van der Waals surface area contributed by atoms with Crippen molar-refractivity contribution in [3.63, 3.8) is 0 Å². The number of amides is 1. The lowest BCUT2D eigenvalue weighted by atomic mass is 9.89. The number of nitrogens with zero attached hydrogens (tertiary/aromatic N) is 3. The fourth-order valence-electron chi connectivity index (χ4n) is 6.87. The number of aromatic amines is 1. The van der Waals surface area contributed by atoms with Crippen molar-refractivity contribution in [1.29, 1.82) is 0 Å². The Hall–Kier alpha value is -3.13. The van der Waals surface area contributed by atoms with E-state index in [4.69, 9.17) is 4.74 Å². The fraction of sp³-hybridized carbons (Fsp3) is 0.528. The van der Waals surface area contributed by atoms with Gasteiger partial charge in [0.1, 0.15) is 22.0 Å². The number of phenolic OH excluding ortho intramolecular Hbond substituents is 1. The molecule has 0 unspecified atom stereocenters. The van der Waals surface area contributed by atoms with E-state index in [9.17, 15) is 19.8 Å². The summed E-state index contributed by atoms with van der Waals surface area (Å²) in [6, 6.07) is 13.2. The number of carbonyl (C=O) groups is 1. The van der Waals surface area contributed by atoms with Crippen LogP contribution in [-0.4, -0.2) is 93.9 Å². The summed E-state index contributed by atoms with van der Waals surface area (Å²) in [7, 11) is 0. The zero-order valence-electron chi connectivity index (χ0n) is 27.5. The molecule has 48 heavy (non-hydrogen) atoms. The molecule has 10 nitrogen and oxygen atoms in total. The van der Waals surface area contributed by atoms with Gasteiger partial charge in [-0.25, -0.2) is 4.98 Å². The molecule has 0 saturated carbocycles. The maximum absolute atomic E-state index is 13.3. The van der Waals surface area contributed by atoms with Crippen LogP contribution in [0.1, 0.15) is 79.9 Å². The lowest BCUT2D eigenvalue weighted by Crippen LogP contribution is -2.58. The van der Waals surface area contributed by atoms with E-state index >= 15 is 0 Å².